The Morgan fingerprint density at radius 1 is 1.15 bits per heavy atom. The van der Waals surface area contributed by atoms with E-state index in [1.807, 2.05) is 13.1 Å². The molecule has 0 fully saturated rings. The van der Waals surface area contributed by atoms with Crippen molar-refractivity contribution >= 4 is 21.6 Å². The Hall–Kier alpha value is -1.32. The minimum Gasteiger partial charge on any atom is -0.370 e. The van der Waals surface area contributed by atoms with Crippen LogP contribution in [-0.2, 0) is 6.54 Å². The van der Waals surface area contributed by atoms with Crippen molar-refractivity contribution in [2.45, 2.75) is 19.5 Å². The molecule has 0 aromatic heterocycles. The second kappa shape index (κ2) is 6.91. The molecule has 0 bridgehead atoms. The van der Waals surface area contributed by atoms with Gasteiger partial charge in [-0.1, -0.05) is 52.3 Å². The van der Waals surface area contributed by atoms with Crippen LogP contribution in [0, 0.1) is 0 Å². The summed E-state index contributed by atoms with van der Waals surface area (Å²) in [4.78, 5) is 2.26. The van der Waals surface area contributed by atoms with Crippen molar-refractivity contribution in [2.75, 3.05) is 19.0 Å². The van der Waals surface area contributed by atoms with Gasteiger partial charge in [0.1, 0.15) is 0 Å². The Morgan fingerprint density at radius 3 is 2.45 bits per heavy atom. The van der Waals surface area contributed by atoms with E-state index in [0.29, 0.717) is 6.04 Å². The average Bonchev–Trinajstić information content (AvgIpc) is 2.47. The van der Waals surface area contributed by atoms with E-state index in [1.54, 1.807) is 0 Å². The molecule has 0 aliphatic rings. The monoisotopic (exact) mass is 332 g/mol. The van der Waals surface area contributed by atoms with E-state index in [0.717, 1.165) is 11.0 Å². The molecule has 2 nitrogen and oxygen atoms in total. The molecule has 0 aliphatic carbocycles. The van der Waals surface area contributed by atoms with Gasteiger partial charge < -0.3 is 10.2 Å². The van der Waals surface area contributed by atoms with E-state index < -0.39 is 0 Å². The highest BCUT2D eigenvalue weighted by Crippen LogP contribution is 2.28. The molecule has 0 aliphatic heterocycles. The summed E-state index contributed by atoms with van der Waals surface area (Å²) in [7, 11) is 4.10. The predicted octanol–water partition coefficient (Wildman–Crippen LogP) is 4.37. The van der Waals surface area contributed by atoms with Gasteiger partial charge in [0.05, 0.1) is 0 Å². The van der Waals surface area contributed by atoms with Gasteiger partial charge in [0.2, 0.25) is 0 Å². The number of hydrogen-bond donors (Lipinski definition) is 1. The lowest BCUT2D eigenvalue weighted by Crippen LogP contribution is -2.17. The summed E-state index contributed by atoms with van der Waals surface area (Å²) < 4.78 is 1.15. The van der Waals surface area contributed by atoms with Crippen molar-refractivity contribution in [3.05, 3.63) is 64.1 Å². The molecular weight excluding hydrogens is 312 g/mol. The van der Waals surface area contributed by atoms with E-state index in [9.17, 15) is 0 Å². The minimum absolute atomic E-state index is 0.345. The van der Waals surface area contributed by atoms with Crippen molar-refractivity contribution in [3.63, 3.8) is 0 Å². The SMILES string of the molecule is CNC(C)c1ccc(N(C)Cc2ccccc2)cc1Br. The fraction of sp³-hybridized carbons (Fsp3) is 0.294. The molecule has 1 atom stereocenters. The normalized spacial score (nSPS) is 12.2. The molecule has 0 saturated heterocycles. The molecule has 20 heavy (non-hydrogen) atoms. The molecule has 106 valence electrons. The maximum atomic E-state index is 3.68. The second-order valence-electron chi connectivity index (χ2n) is 5.06. The third-order valence-corrected chi connectivity index (χ3v) is 4.27. The van der Waals surface area contributed by atoms with Crippen molar-refractivity contribution in [2.24, 2.45) is 0 Å². The first-order valence-electron chi connectivity index (χ1n) is 6.83. The zero-order valence-electron chi connectivity index (χ0n) is 12.2. The van der Waals surface area contributed by atoms with Gasteiger partial charge in [-0.3, -0.25) is 0 Å². The van der Waals surface area contributed by atoms with E-state index in [1.165, 1.54) is 16.8 Å². The van der Waals surface area contributed by atoms with Gasteiger partial charge in [0.15, 0.2) is 0 Å². The molecule has 2 aromatic carbocycles. The van der Waals surface area contributed by atoms with Crippen LogP contribution in [0.5, 0.6) is 0 Å². The molecule has 0 saturated carbocycles. The van der Waals surface area contributed by atoms with Gasteiger partial charge in [-0.2, -0.15) is 0 Å². The number of nitrogens with zero attached hydrogens (tertiary/aromatic N) is 1. The molecule has 1 N–H and O–H groups in total. The quantitative estimate of drug-likeness (QED) is 0.874. The molecule has 1 unspecified atom stereocenters. The number of anilines is 1. The number of benzene rings is 2. The van der Waals surface area contributed by atoms with E-state index in [4.69, 9.17) is 0 Å². The van der Waals surface area contributed by atoms with Gasteiger partial charge in [-0.25, -0.2) is 0 Å². The number of nitrogens with one attached hydrogen (secondary N) is 1. The van der Waals surface area contributed by atoms with Crippen LogP contribution in [0.1, 0.15) is 24.1 Å². The zero-order valence-corrected chi connectivity index (χ0v) is 13.8. The van der Waals surface area contributed by atoms with Crippen molar-refractivity contribution in [3.8, 4) is 0 Å². The Bertz CT molecular complexity index is 554. The highest BCUT2D eigenvalue weighted by molar-refractivity contribution is 9.10. The Labute approximate surface area is 129 Å². The van der Waals surface area contributed by atoms with Gasteiger partial charge in [0, 0.05) is 29.8 Å². The maximum absolute atomic E-state index is 3.68. The van der Waals surface area contributed by atoms with Crippen molar-refractivity contribution < 1.29 is 0 Å². The lowest BCUT2D eigenvalue weighted by molar-refractivity contribution is 0.649. The summed E-state index contributed by atoms with van der Waals surface area (Å²) in [6, 6.07) is 17.4. The fourth-order valence-electron chi connectivity index (χ4n) is 2.21. The first kappa shape index (κ1) is 15.1. The maximum Gasteiger partial charge on any atom is 0.0426 e. The van der Waals surface area contributed by atoms with Gasteiger partial charge in [-0.15, -0.1) is 0 Å². The summed E-state index contributed by atoms with van der Waals surface area (Å²) in [6.07, 6.45) is 0. The van der Waals surface area contributed by atoms with Crippen LogP contribution in [0.25, 0.3) is 0 Å². The number of rotatable bonds is 5. The first-order valence-corrected chi connectivity index (χ1v) is 7.63. The highest BCUT2D eigenvalue weighted by atomic mass is 79.9. The molecular formula is C17H21BrN2. The van der Waals surface area contributed by atoms with Crippen molar-refractivity contribution in [1.82, 2.24) is 5.32 Å². The van der Waals surface area contributed by atoms with E-state index in [-0.39, 0.29) is 0 Å². The molecule has 0 amide bonds. The summed E-state index contributed by atoms with van der Waals surface area (Å²) in [6.45, 7) is 3.07. The lowest BCUT2D eigenvalue weighted by Gasteiger charge is -2.21. The molecule has 2 rings (SSSR count). The van der Waals surface area contributed by atoms with Crippen LogP contribution >= 0.6 is 15.9 Å². The summed E-state index contributed by atoms with van der Waals surface area (Å²) in [5, 5.41) is 3.27. The average molecular weight is 333 g/mol. The van der Waals surface area contributed by atoms with Gasteiger partial charge in [-0.05, 0) is 37.2 Å². The smallest absolute Gasteiger partial charge is 0.0426 e. The van der Waals surface area contributed by atoms with Crippen LogP contribution < -0.4 is 10.2 Å². The van der Waals surface area contributed by atoms with E-state index in [2.05, 4.69) is 82.6 Å². The minimum atomic E-state index is 0.345. The van der Waals surface area contributed by atoms with Gasteiger partial charge >= 0.3 is 0 Å². The third-order valence-electron chi connectivity index (χ3n) is 3.59. The molecule has 0 radical (unpaired) electrons. The second-order valence-corrected chi connectivity index (χ2v) is 5.91. The first-order chi connectivity index (χ1) is 9.61. The van der Waals surface area contributed by atoms with Crippen LogP contribution in [0.2, 0.25) is 0 Å². The fourth-order valence-corrected chi connectivity index (χ4v) is 2.92. The summed E-state index contributed by atoms with van der Waals surface area (Å²) >= 11 is 3.68. The van der Waals surface area contributed by atoms with E-state index >= 15 is 0 Å². The van der Waals surface area contributed by atoms with Crippen LogP contribution in [0.15, 0.2) is 53.0 Å². The Kier molecular flexibility index (Phi) is 5.21. The standard InChI is InChI=1S/C17H21BrN2/c1-13(19-2)16-10-9-15(11-17(16)18)20(3)12-14-7-5-4-6-8-14/h4-11,13,19H,12H2,1-3H3. The highest BCUT2D eigenvalue weighted by Gasteiger charge is 2.09. The van der Waals surface area contributed by atoms with Gasteiger partial charge in [0.25, 0.3) is 0 Å². The molecule has 3 heteroatoms. The molecule has 0 spiro atoms. The number of hydrogen-bond acceptors (Lipinski definition) is 2. The topological polar surface area (TPSA) is 15.3 Å². The summed E-state index contributed by atoms with van der Waals surface area (Å²) in [5.74, 6) is 0. The molecule has 2 aromatic rings. The van der Waals surface area contributed by atoms with Crippen LogP contribution in [0.3, 0.4) is 0 Å². The van der Waals surface area contributed by atoms with Crippen molar-refractivity contribution in [1.29, 1.82) is 0 Å². The lowest BCUT2D eigenvalue weighted by atomic mass is 10.1. The third kappa shape index (κ3) is 3.62. The predicted molar refractivity (Wildman–Crippen MR) is 90.2 cm³/mol. The van der Waals surface area contributed by atoms with Crippen LogP contribution in [0.4, 0.5) is 5.69 Å². The zero-order chi connectivity index (χ0) is 14.5. The molecule has 0 heterocycles. The number of halogens is 1. The Morgan fingerprint density at radius 2 is 1.85 bits per heavy atom. The summed E-state index contributed by atoms with van der Waals surface area (Å²) in [5.41, 5.74) is 3.82. The largest absolute Gasteiger partial charge is 0.370 e. The Balaban J connectivity index is 2.15. The van der Waals surface area contributed by atoms with Crippen LogP contribution in [-0.4, -0.2) is 14.1 Å².